The number of nitrogens with zero attached hydrogens (tertiary/aromatic N) is 3. The Balaban J connectivity index is 1.92. The Kier molecular flexibility index (Phi) is 3.02. The van der Waals surface area contributed by atoms with Gasteiger partial charge in [0.05, 0.1) is 11.9 Å². The van der Waals surface area contributed by atoms with Crippen LogP contribution in [0.2, 0.25) is 0 Å². The van der Waals surface area contributed by atoms with E-state index < -0.39 is 0 Å². The average molecular weight is 242 g/mol. The molecule has 1 atom stereocenters. The first-order chi connectivity index (χ1) is 8.84. The minimum absolute atomic E-state index is 0.276. The highest BCUT2D eigenvalue weighted by molar-refractivity contribution is 5.47. The molecule has 1 unspecified atom stereocenters. The Hall–Kier alpha value is -1.81. The topological polar surface area (TPSA) is 47.1 Å². The Labute approximate surface area is 107 Å². The molecule has 3 rings (SSSR count). The van der Waals surface area contributed by atoms with Crippen molar-refractivity contribution in [1.82, 2.24) is 9.78 Å². The third-order valence-corrected chi connectivity index (χ3v) is 3.41. The van der Waals surface area contributed by atoms with Gasteiger partial charge in [-0.25, -0.2) is 4.68 Å². The molecule has 2 heterocycles. The second kappa shape index (κ2) is 4.82. The standard InChI is InChI=1S/C14H18N4/c15-12-5-4-10-17(11-12)14-8-9-16-18(14)13-6-2-1-3-7-13/h1-3,6-9,12H,4-5,10-11,15H2. The number of benzene rings is 1. The van der Waals surface area contributed by atoms with E-state index in [0.717, 1.165) is 37.4 Å². The fourth-order valence-corrected chi connectivity index (χ4v) is 2.52. The quantitative estimate of drug-likeness (QED) is 0.873. The predicted molar refractivity (Wildman–Crippen MR) is 73.0 cm³/mol. The molecule has 2 aromatic rings. The van der Waals surface area contributed by atoms with Gasteiger partial charge >= 0.3 is 0 Å². The van der Waals surface area contributed by atoms with Gasteiger partial charge in [-0.1, -0.05) is 18.2 Å². The molecule has 0 radical (unpaired) electrons. The molecule has 18 heavy (non-hydrogen) atoms. The zero-order valence-corrected chi connectivity index (χ0v) is 10.4. The maximum absolute atomic E-state index is 6.05. The van der Waals surface area contributed by atoms with Crippen LogP contribution < -0.4 is 10.6 Å². The molecule has 0 bridgehead atoms. The van der Waals surface area contributed by atoms with E-state index in [1.807, 2.05) is 29.1 Å². The highest BCUT2D eigenvalue weighted by Crippen LogP contribution is 2.22. The van der Waals surface area contributed by atoms with Crippen molar-refractivity contribution < 1.29 is 0 Å². The van der Waals surface area contributed by atoms with Crippen LogP contribution in [0, 0.1) is 0 Å². The van der Waals surface area contributed by atoms with Gasteiger partial charge in [-0.15, -0.1) is 0 Å². The third kappa shape index (κ3) is 2.11. The van der Waals surface area contributed by atoms with E-state index in [0.29, 0.717) is 0 Å². The molecule has 1 aromatic heterocycles. The maximum atomic E-state index is 6.05. The Morgan fingerprint density at radius 2 is 2.00 bits per heavy atom. The second-order valence-electron chi connectivity index (χ2n) is 4.79. The lowest BCUT2D eigenvalue weighted by molar-refractivity contribution is 0.500. The van der Waals surface area contributed by atoms with Crippen molar-refractivity contribution in [3.8, 4) is 5.69 Å². The number of rotatable bonds is 2. The monoisotopic (exact) mass is 242 g/mol. The van der Waals surface area contributed by atoms with Crippen LogP contribution in [0.5, 0.6) is 0 Å². The Morgan fingerprint density at radius 1 is 1.17 bits per heavy atom. The highest BCUT2D eigenvalue weighted by atomic mass is 15.4. The van der Waals surface area contributed by atoms with Crippen LogP contribution >= 0.6 is 0 Å². The molecule has 4 nitrogen and oxygen atoms in total. The maximum Gasteiger partial charge on any atom is 0.132 e. The molecule has 1 aromatic carbocycles. The van der Waals surface area contributed by atoms with Crippen molar-refractivity contribution in [3.63, 3.8) is 0 Å². The first-order valence-corrected chi connectivity index (χ1v) is 6.44. The van der Waals surface area contributed by atoms with Gasteiger partial charge in [-0.05, 0) is 25.0 Å². The number of hydrogen-bond acceptors (Lipinski definition) is 3. The summed E-state index contributed by atoms with van der Waals surface area (Å²) in [5.74, 6) is 1.14. The predicted octanol–water partition coefficient (Wildman–Crippen LogP) is 1.80. The minimum Gasteiger partial charge on any atom is -0.355 e. The smallest absolute Gasteiger partial charge is 0.132 e. The molecule has 0 aliphatic carbocycles. The van der Waals surface area contributed by atoms with Crippen molar-refractivity contribution in [2.45, 2.75) is 18.9 Å². The second-order valence-corrected chi connectivity index (χ2v) is 4.79. The van der Waals surface area contributed by atoms with E-state index in [1.54, 1.807) is 0 Å². The summed E-state index contributed by atoms with van der Waals surface area (Å²) in [4.78, 5) is 2.33. The molecule has 0 spiro atoms. The van der Waals surface area contributed by atoms with Gasteiger partial charge < -0.3 is 10.6 Å². The van der Waals surface area contributed by atoms with Gasteiger partial charge in [-0.2, -0.15) is 5.10 Å². The molecule has 1 saturated heterocycles. The van der Waals surface area contributed by atoms with Crippen LogP contribution in [-0.2, 0) is 0 Å². The summed E-state index contributed by atoms with van der Waals surface area (Å²) in [6.45, 7) is 1.98. The van der Waals surface area contributed by atoms with Crippen molar-refractivity contribution in [1.29, 1.82) is 0 Å². The summed E-state index contributed by atoms with van der Waals surface area (Å²) < 4.78 is 1.98. The largest absolute Gasteiger partial charge is 0.355 e. The van der Waals surface area contributed by atoms with Gasteiger partial charge in [0.25, 0.3) is 0 Å². The number of nitrogens with two attached hydrogens (primary N) is 1. The molecule has 94 valence electrons. The van der Waals surface area contributed by atoms with E-state index in [-0.39, 0.29) is 6.04 Å². The number of aromatic nitrogens is 2. The summed E-state index contributed by atoms with van der Waals surface area (Å²) in [5, 5.41) is 4.42. The molecule has 1 fully saturated rings. The number of hydrogen-bond donors (Lipinski definition) is 1. The van der Waals surface area contributed by atoms with E-state index >= 15 is 0 Å². The fraction of sp³-hybridized carbons (Fsp3) is 0.357. The number of para-hydroxylation sites is 1. The SMILES string of the molecule is NC1CCCN(c2ccnn2-c2ccccc2)C1. The van der Waals surface area contributed by atoms with Gasteiger partial charge in [0, 0.05) is 25.2 Å². The minimum atomic E-state index is 0.276. The average Bonchev–Trinajstić information content (AvgIpc) is 2.89. The van der Waals surface area contributed by atoms with E-state index in [2.05, 4.69) is 28.2 Å². The van der Waals surface area contributed by atoms with E-state index in [9.17, 15) is 0 Å². The van der Waals surface area contributed by atoms with Crippen molar-refractivity contribution in [3.05, 3.63) is 42.6 Å². The summed E-state index contributed by atoms with van der Waals surface area (Å²) in [7, 11) is 0. The Bertz CT molecular complexity index is 506. The molecule has 1 aliphatic rings. The number of piperidine rings is 1. The molecule has 0 amide bonds. The lowest BCUT2D eigenvalue weighted by Crippen LogP contribution is -2.43. The normalized spacial score (nSPS) is 20.1. The van der Waals surface area contributed by atoms with Crippen LogP contribution in [0.4, 0.5) is 5.82 Å². The zero-order valence-electron chi connectivity index (χ0n) is 10.4. The summed E-state index contributed by atoms with van der Waals surface area (Å²) in [5.41, 5.74) is 7.14. The van der Waals surface area contributed by atoms with Gasteiger partial charge in [0.2, 0.25) is 0 Å². The Morgan fingerprint density at radius 3 is 2.78 bits per heavy atom. The molecular weight excluding hydrogens is 224 g/mol. The lowest BCUT2D eigenvalue weighted by Gasteiger charge is -2.32. The molecule has 1 aliphatic heterocycles. The molecule has 2 N–H and O–H groups in total. The van der Waals surface area contributed by atoms with Crippen molar-refractivity contribution in [2.24, 2.45) is 5.73 Å². The van der Waals surface area contributed by atoms with Crippen molar-refractivity contribution in [2.75, 3.05) is 18.0 Å². The summed E-state index contributed by atoms with van der Waals surface area (Å²) >= 11 is 0. The summed E-state index contributed by atoms with van der Waals surface area (Å²) in [6, 6.07) is 12.6. The summed E-state index contributed by atoms with van der Waals surface area (Å²) in [6.07, 6.45) is 4.12. The first-order valence-electron chi connectivity index (χ1n) is 6.44. The van der Waals surface area contributed by atoms with E-state index in [4.69, 9.17) is 5.73 Å². The molecule has 4 heteroatoms. The van der Waals surface area contributed by atoms with Crippen molar-refractivity contribution >= 4 is 5.82 Å². The molecule has 0 saturated carbocycles. The van der Waals surface area contributed by atoms with Gasteiger partial charge in [-0.3, -0.25) is 0 Å². The first kappa shape index (κ1) is 11.3. The highest BCUT2D eigenvalue weighted by Gasteiger charge is 2.20. The van der Waals surface area contributed by atoms with Gasteiger partial charge in [0.15, 0.2) is 0 Å². The fourth-order valence-electron chi connectivity index (χ4n) is 2.52. The van der Waals surface area contributed by atoms with Crippen LogP contribution in [0.3, 0.4) is 0 Å². The van der Waals surface area contributed by atoms with Crippen LogP contribution in [0.25, 0.3) is 5.69 Å². The number of anilines is 1. The molecular formula is C14H18N4. The lowest BCUT2D eigenvalue weighted by atomic mass is 10.1. The third-order valence-electron chi connectivity index (χ3n) is 3.41. The zero-order chi connectivity index (χ0) is 12.4. The van der Waals surface area contributed by atoms with E-state index in [1.165, 1.54) is 0 Å². The van der Waals surface area contributed by atoms with Crippen LogP contribution in [0.15, 0.2) is 42.6 Å². The van der Waals surface area contributed by atoms with Crippen LogP contribution in [0.1, 0.15) is 12.8 Å². The van der Waals surface area contributed by atoms with Crippen LogP contribution in [-0.4, -0.2) is 28.9 Å². The van der Waals surface area contributed by atoms with Gasteiger partial charge in [0.1, 0.15) is 5.82 Å².